The maximum atomic E-state index is 10.2. The van der Waals surface area contributed by atoms with Gasteiger partial charge in [0, 0.05) is 33.8 Å². The Bertz CT molecular complexity index is 571. The van der Waals surface area contributed by atoms with E-state index in [0.29, 0.717) is 12.2 Å². The molecule has 1 aromatic heterocycles. The first-order valence-electron chi connectivity index (χ1n) is 6.69. The molecule has 0 bridgehead atoms. The molecule has 0 amide bonds. The second-order valence-electron chi connectivity index (χ2n) is 4.69. The van der Waals surface area contributed by atoms with Crippen LogP contribution in [-0.4, -0.2) is 26.7 Å². The van der Waals surface area contributed by atoms with Gasteiger partial charge in [-0.05, 0) is 48.0 Å². The van der Waals surface area contributed by atoms with Gasteiger partial charge < -0.3 is 5.11 Å². The third kappa shape index (κ3) is 4.11. The molecular formula is C15H19BrN2OS. The van der Waals surface area contributed by atoms with E-state index in [2.05, 4.69) is 40.1 Å². The zero-order valence-corrected chi connectivity index (χ0v) is 14.1. The minimum Gasteiger partial charge on any atom is -0.392 e. The minimum absolute atomic E-state index is 0.367. The molecule has 1 aromatic carbocycles. The third-order valence-electron chi connectivity index (χ3n) is 3.00. The van der Waals surface area contributed by atoms with Crippen LogP contribution in [0.2, 0.25) is 0 Å². The molecule has 0 aliphatic rings. The Morgan fingerprint density at radius 2 is 2.15 bits per heavy atom. The number of rotatable bonds is 6. The molecule has 1 atom stereocenters. The number of thioether (sulfide) groups is 1. The van der Waals surface area contributed by atoms with Gasteiger partial charge in [-0.1, -0.05) is 12.1 Å². The zero-order valence-electron chi connectivity index (χ0n) is 11.7. The van der Waals surface area contributed by atoms with Crippen LogP contribution >= 0.6 is 27.7 Å². The Kier molecular flexibility index (Phi) is 5.69. The summed E-state index contributed by atoms with van der Waals surface area (Å²) in [6.45, 7) is 4.89. The predicted octanol–water partition coefficient (Wildman–Crippen LogP) is 3.67. The van der Waals surface area contributed by atoms with Gasteiger partial charge in [0.15, 0.2) is 0 Å². The van der Waals surface area contributed by atoms with Crippen molar-refractivity contribution in [3.8, 4) is 0 Å². The number of aliphatic hydroxyl groups is 1. The Hall–Kier alpha value is -0.780. The maximum Gasteiger partial charge on any atom is 0.0689 e. The second kappa shape index (κ2) is 7.29. The van der Waals surface area contributed by atoms with Gasteiger partial charge in [0.1, 0.15) is 0 Å². The Balaban J connectivity index is 1.92. The van der Waals surface area contributed by atoms with Gasteiger partial charge in [0.05, 0.1) is 11.8 Å². The van der Waals surface area contributed by atoms with Crippen LogP contribution in [0.3, 0.4) is 0 Å². The zero-order chi connectivity index (χ0) is 14.5. The van der Waals surface area contributed by atoms with Crippen molar-refractivity contribution in [1.29, 1.82) is 0 Å². The molecule has 108 valence electrons. The molecule has 0 aliphatic heterocycles. The quantitative estimate of drug-likeness (QED) is 0.804. The van der Waals surface area contributed by atoms with Gasteiger partial charge in [-0.2, -0.15) is 5.10 Å². The van der Waals surface area contributed by atoms with E-state index in [1.807, 2.05) is 29.8 Å². The van der Waals surface area contributed by atoms with Gasteiger partial charge in [-0.15, -0.1) is 11.8 Å². The van der Waals surface area contributed by atoms with Crippen LogP contribution in [0, 0.1) is 6.92 Å². The van der Waals surface area contributed by atoms with Crippen LogP contribution < -0.4 is 0 Å². The van der Waals surface area contributed by atoms with E-state index in [0.717, 1.165) is 27.3 Å². The topological polar surface area (TPSA) is 38.0 Å². The summed E-state index contributed by atoms with van der Waals surface area (Å²) in [7, 11) is 0. The average molecular weight is 355 g/mol. The third-order valence-corrected chi connectivity index (χ3v) is 5.17. The fourth-order valence-corrected chi connectivity index (χ4v) is 3.58. The van der Waals surface area contributed by atoms with Crippen LogP contribution in [0.5, 0.6) is 0 Å². The molecule has 3 nitrogen and oxygen atoms in total. The SMILES string of the molecule is CCn1nc(C)cc1CC(O)CSc1ccccc1Br. The molecule has 1 unspecified atom stereocenters. The van der Waals surface area contributed by atoms with E-state index in [1.54, 1.807) is 11.8 Å². The number of nitrogens with zero attached hydrogens (tertiary/aromatic N) is 2. The van der Waals surface area contributed by atoms with Gasteiger partial charge in [-0.25, -0.2) is 0 Å². The summed E-state index contributed by atoms with van der Waals surface area (Å²) < 4.78 is 3.04. The number of aryl methyl sites for hydroxylation is 2. The molecule has 2 rings (SSSR count). The normalized spacial score (nSPS) is 12.6. The molecule has 0 fully saturated rings. The van der Waals surface area contributed by atoms with E-state index in [9.17, 15) is 5.11 Å². The summed E-state index contributed by atoms with van der Waals surface area (Å²) in [6, 6.07) is 10.1. The molecule has 20 heavy (non-hydrogen) atoms. The number of hydrogen-bond donors (Lipinski definition) is 1. The van der Waals surface area contributed by atoms with Crippen molar-refractivity contribution >= 4 is 27.7 Å². The summed E-state index contributed by atoms with van der Waals surface area (Å²) in [6.07, 6.45) is 0.278. The fraction of sp³-hybridized carbons (Fsp3) is 0.400. The highest BCUT2D eigenvalue weighted by molar-refractivity contribution is 9.10. The summed E-state index contributed by atoms with van der Waals surface area (Å²) in [5.74, 6) is 0.677. The van der Waals surface area contributed by atoms with Crippen LogP contribution in [-0.2, 0) is 13.0 Å². The van der Waals surface area contributed by atoms with Crippen LogP contribution in [0.1, 0.15) is 18.3 Å². The summed E-state index contributed by atoms with van der Waals surface area (Å²) in [5, 5.41) is 14.6. The van der Waals surface area contributed by atoms with Crippen molar-refractivity contribution in [3.63, 3.8) is 0 Å². The van der Waals surface area contributed by atoms with Crippen LogP contribution in [0.15, 0.2) is 39.7 Å². The van der Waals surface area contributed by atoms with Crippen molar-refractivity contribution in [2.45, 2.75) is 37.8 Å². The standard InChI is InChI=1S/C15H19BrN2OS/c1-3-18-12(8-11(2)17-18)9-13(19)10-20-15-7-5-4-6-14(15)16/h4-8,13,19H,3,9-10H2,1-2H3. The molecule has 1 N–H and O–H groups in total. The predicted molar refractivity (Wildman–Crippen MR) is 87.2 cm³/mol. The first-order valence-corrected chi connectivity index (χ1v) is 8.46. The van der Waals surface area contributed by atoms with Gasteiger partial charge in [0.2, 0.25) is 0 Å². The minimum atomic E-state index is -0.367. The fourth-order valence-electron chi connectivity index (χ4n) is 2.09. The van der Waals surface area contributed by atoms with Crippen molar-refractivity contribution in [2.24, 2.45) is 0 Å². The molecular weight excluding hydrogens is 336 g/mol. The summed E-state index contributed by atoms with van der Waals surface area (Å²) in [5.41, 5.74) is 2.11. The van der Waals surface area contributed by atoms with Crippen molar-refractivity contribution < 1.29 is 5.11 Å². The number of aromatic nitrogens is 2. The Labute approximate surface area is 132 Å². The Morgan fingerprint density at radius 1 is 1.40 bits per heavy atom. The molecule has 0 saturated carbocycles. The first-order chi connectivity index (χ1) is 9.60. The lowest BCUT2D eigenvalue weighted by molar-refractivity contribution is 0.197. The Morgan fingerprint density at radius 3 is 2.85 bits per heavy atom. The highest BCUT2D eigenvalue weighted by Crippen LogP contribution is 2.27. The van der Waals surface area contributed by atoms with E-state index in [-0.39, 0.29) is 6.10 Å². The summed E-state index contributed by atoms with van der Waals surface area (Å²) in [4.78, 5) is 1.16. The molecule has 0 aliphatic carbocycles. The number of aliphatic hydroxyl groups excluding tert-OH is 1. The van der Waals surface area contributed by atoms with E-state index in [1.165, 1.54) is 0 Å². The highest BCUT2D eigenvalue weighted by atomic mass is 79.9. The van der Waals surface area contributed by atoms with Crippen LogP contribution in [0.25, 0.3) is 0 Å². The molecule has 0 radical (unpaired) electrons. The van der Waals surface area contributed by atoms with Crippen molar-refractivity contribution in [1.82, 2.24) is 9.78 Å². The maximum absolute atomic E-state index is 10.2. The lowest BCUT2D eigenvalue weighted by Crippen LogP contribution is -2.16. The van der Waals surface area contributed by atoms with E-state index >= 15 is 0 Å². The number of hydrogen-bond acceptors (Lipinski definition) is 3. The largest absolute Gasteiger partial charge is 0.392 e. The molecule has 5 heteroatoms. The van der Waals surface area contributed by atoms with Crippen molar-refractivity contribution in [3.05, 3.63) is 46.2 Å². The monoisotopic (exact) mass is 354 g/mol. The lowest BCUT2D eigenvalue weighted by atomic mass is 10.2. The summed E-state index contributed by atoms with van der Waals surface area (Å²) >= 11 is 5.19. The van der Waals surface area contributed by atoms with Gasteiger partial charge >= 0.3 is 0 Å². The van der Waals surface area contributed by atoms with Crippen LogP contribution in [0.4, 0.5) is 0 Å². The molecule has 1 heterocycles. The average Bonchev–Trinajstić information content (AvgIpc) is 2.78. The number of benzene rings is 1. The molecule has 2 aromatic rings. The smallest absolute Gasteiger partial charge is 0.0689 e. The van der Waals surface area contributed by atoms with E-state index in [4.69, 9.17) is 0 Å². The molecule has 0 spiro atoms. The van der Waals surface area contributed by atoms with E-state index < -0.39 is 0 Å². The van der Waals surface area contributed by atoms with Gasteiger partial charge in [0.25, 0.3) is 0 Å². The van der Waals surface area contributed by atoms with Gasteiger partial charge in [-0.3, -0.25) is 4.68 Å². The van der Waals surface area contributed by atoms with Crippen molar-refractivity contribution in [2.75, 3.05) is 5.75 Å². The number of halogens is 1. The highest BCUT2D eigenvalue weighted by Gasteiger charge is 2.12. The molecule has 0 saturated heterocycles. The first kappa shape index (κ1) is 15.6. The lowest BCUT2D eigenvalue weighted by Gasteiger charge is -2.12. The second-order valence-corrected chi connectivity index (χ2v) is 6.61.